The number of hydrogen-bond acceptors (Lipinski definition) is 2. The summed E-state index contributed by atoms with van der Waals surface area (Å²) in [6.07, 6.45) is 1.09. The molecule has 1 heterocycles. The van der Waals surface area contributed by atoms with Gasteiger partial charge in [0.1, 0.15) is 0 Å². The molecule has 0 aliphatic heterocycles. The van der Waals surface area contributed by atoms with Crippen LogP contribution in [0.1, 0.15) is 45.7 Å². The fourth-order valence-electron chi connectivity index (χ4n) is 2.47. The summed E-state index contributed by atoms with van der Waals surface area (Å²) in [5.41, 5.74) is 2.77. The van der Waals surface area contributed by atoms with Crippen molar-refractivity contribution in [3.8, 4) is 0 Å². The molecule has 0 bridgehead atoms. The first-order valence-electron chi connectivity index (χ1n) is 6.97. The summed E-state index contributed by atoms with van der Waals surface area (Å²) in [6.45, 7) is 9.79. The molecule has 0 spiro atoms. The zero-order valence-electron chi connectivity index (χ0n) is 12.4. The van der Waals surface area contributed by atoms with Gasteiger partial charge in [0.25, 0.3) is 0 Å². The van der Waals surface area contributed by atoms with E-state index in [1.54, 1.807) is 0 Å². The Bertz CT molecular complexity index is 651. The summed E-state index contributed by atoms with van der Waals surface area (Å²) >= 11 is 3.64. The molecule has 1 atom stereocenters. The molecule has 4 nitrogen and oxygen atoms in total. The Morgan fingerprint density at radius 2 is 1.85 bits per heavy atom. The highest BCUT2D eigenvalue weighted by molar-refractivity contribution is 9.10. The van der Waals surface area contributed by atoms with Crippen LogP contribution < -0.4 is 11.0 Å². The lowest BCUT2D eigenvalue weighted by molar-refractivity contribution is 0.272. The molecule has 110 valence electrons. The molecule has 2 rings (SSSR count). The molecule has 0 fully saturated rings. The molecule has 2 aromatic rings. The summed E-state index contributed by atoms with van der Waals surface area (Å²) in [4.78, 5) is 17.0. The monoisotopic (exact) mass is 339 g/mol. The maximum atomic E-state index is 11.4. The summed E-state index contributed by atoms with van der Waals surface area (Å²) in [6, 6.07) is 4.24. The molecule has 0 saturated heterocycles. The van der Waals surface area contributed by atoms with E-state index in [0.717, 1.165) is 28.5 Å². The number of halogens is 1. The van der Waals surface area contributed by atoms with Crippen molar-refractivity contribution >= 4 is 27.0 Å². The second kappa shape index (κ2) is 5.74. The molecule has 0 aliphatic carbocycles. The fraction of sp³-hybridized carbons (Fsp3) is 0.533. The van der Waals surface area contributed by atoms with E-state index in [9.17, 15) is 4.79 Å². The van der Waals surface area contributed by atoms with Crippen LogP contribution >= 0.6 is 15.9 Å². The highest BCUT2D eigenvalue weighted by Gasteiger charge is 2.27. The number of nitrogens with one attached hydrogen (secondary N) is 3. The van der Waals surface area contributed by atoms with Crippen LogP contribution in [0.15, 0.2) is 21.4 Å². The summed E-state index contributed by atoms with van der Waals surface area (Å²) in [5.74, 6) is 0. The van der Waals surface area contributed by atoms with Crippen LogP contribution in [0.25, 0.3) is 11.0 Å². The number of aromatic amines is 2. The van der Waals surface area contributed by atoms with E-state index in [4.69, 9.17) is 0 Å². The first kappa shape index (κ1) is 15.3. The lowest BCUT2D eigenvalue weighted by Gasteiger charge is -2.33. The highest BCUT2D eigenvalue weighted by Crippen LogP contribution is 2.37. The van der Waals surface area contributed by atoms with Crippen molar-refractivity contribution < 1.29 is 0 Å². The number of aromatic nitrogens is 2. The SMILES string of the molecule is CCCNC(c1cc2[nH]c(=O)[nH]c2cc1Br)C(C)(C)C. The van der Waals surface area contributed by atoms with E-state index in [0.29, 0.717) is 0 Å². The van der Waals surface area contributed by atoms with Gasteiger partial charge in [-0.1, -0.05) is 43.6 Å². The van der Waals surface area contributed by atoms with E-state index in [-0.39, 0.29) is 17.1 Å². The highest BCUT2D eigenvalue weighted by atomic mass is 79.9. The van der Waals surface area contributed by atoms with Crippen molar-refractivity contribution in [2.75, 3.05) is 6.54 Å². The van der Waals surface area contributed by atoms with Gasteiger partial charge in [-0.2, -0.15) is 0 Å². The Morgan fingerprint density at radius 1 is 1.25 bits per heavy atom. The van der Waals surface area contributed by atoms with Gasteiger partial charge in [-0.25, -0.2) is 4.79 Å². The molecule has 0 radical (unpaired) electrons. The average molecular weight is 340 g/mol. The van der Waals surface area contributed by atoms with Crippen molar-refractivity contribution in [3.05, 3.63) is 32.7 Å². The maximum absolute atomic E-state index is 11.4. The second-order valence-corrected chi connectivity index (χ2v) is 7.11. The Labute approximate surface area is 127 Å². The first-order chi connectivity index (χ1) is 9.32. The maximum Gasteiger partial charge on any atom is 0.323 e. The van der Waals surface area contributed by atoms with Gasteiger partial charge in [0.05, 0.1) is 11.0 Å². The van der Waals surface area contributed by atoms with Crippen LogP contribution in [0.5, 0.6) is 0 Å². The largest absolute Gasteiger partial charge is 0.323 e. The molecular weight excluding hydrogens is 318 g/mol. The number of rotatable bonds is 4. The Hall–Kier alpha value is -1.07. The van der Waals surface area contributed by atoms with E-state index in [1.807, 2.05) is 6.07 Å². The van der Waals surface area contributed by atoms with Gasteiger partial charge in [0, 0.05) is 10.5 Å². The quantitative estimate of drug-likeness (QED) is 0.795. The topological polar surface area (TPSA) is 60.7 Å². The van der Waals surface area contributed by atoms with Gasteiger partial charge in [-0.3, -0.25) is 0 Å². The minimum absolute atomic E-state index is 0.0853. The van der Waals surface area contributed by atoms with Crippen molar-refractivity contribution in [3.63, 3.8) is 0 Å². The predicted octanol–water partition coefficient (Wildman–Crippen LogP) is 3.71. The van der Waals surface area contributed by atoms with E-state index < -0.39 is 0 Å². The standard InChI is InChI=1S/C15H22BrN3O/c1-5-6-17-13(15(2,3)4)9-7-11-12(8-10(9)16)19-14(20)18-11/h7-8,13,17H,5-6H2,1-4H3,(H2,18,19,20). The van der Waals surface area contributed by atoms with Crippen LogP contribution in [-0.4, -0.2) is 16.5 Å². The van der Waals surface area contributed by atoms with Crippen LogP contribution in [0.2, 0.25) is 0 Å². The fourth-order valence-corrected chi connectivity index (χ4v) is 3.04. The lowest BCUT2D eigenvalue weighted by Crippen LogP contribution is -2.33. The lowest BCUT2D eigenvalue weighted by atomic mass is 9.82. The summed E-state index contributed by atoms with van der Waals surface area (Å²) < 4.78 is 1.02. The normalized spacial score (nSPS) is 13.8. The molecular formula is C15H22BrN3O. The zero-order chi connectivity index (χ0) is 14.9. The van der Waals surface area contributed by atoms with Gasteiger partial charge in [0.15, 0.2) is 0 Å². The molecule has 1 unspecified atom stereocenters. The smallest absolute Gasteiger partial charge is 0.309 e. The second-order valence-electron chi connectivity index (χ2n) is 6.25. The van der Waals surface area contributed by atoms with Crippen LogP contribution in [-0.2, 0) is 0 Å². The predicted molar refractivity (Wildman–Crippen MR) is 87.1 cm³/mol. The van der Waals surface area contributed by atoms with E-state index >= 15 is 0 Å². The van der Waals surface area contributed by atoms with Gasteiger partial charge in [-0.15, -0.1) is 0 Å². The summed E-state index contributed by atoms with van der Waals surface area (Å²) in [5, 5.41) is 3.61. The molecule has 1 aromatic carbocycles. The Kier molecular flexibility index (Phi) is 4.39. The number of hydrogen-bond donors (Lipinski definition) is 3. The molecule has 0 aliphatic rings. The van der Waals surface area contributed by atoms with E-state index in [2.05, 4.69) is 65.0 Å². The molecule has 0 saturated carbocycles. The molecule has 20 heavy (non-hydrogen) atoms. The zero-order valence-corrected chi connectivity index (χ0v) is 14.0. The van der Waals surface area contributed by atoms with Gasteiger partial charge < -0.3 is 15.3 Å². The van der Waals surface area contributed by atoms with E-state index in [1.165, 1.54) is 5.56 Å². The van der Waals surface area contributed by atoms with Gasteiger partial charge in [-0.05, 0) is 36.1 Å². The Balaban J connectivity index is 2.51. The number of benzene rings is 1. The number of H-pyrrole nitrogens is 2. The first-order valence-corrected chi connectivity index (χ1v) is 7.77. The number of fused-ring (bicyclic) bond motifs is 1. The number of imidazole rings is 1. The van der Waals surface area contributed by atoms with Crippen LogP contribution in [0, 0.1) is 5.41 Å². The molecule has 1 aromatic heterocycles. The Morgan fingerprint density at radius 3 is 2.40 bits per heavy atom. The molecule has 3 N–H and O–H groups in total. The minimum atomic E-state index is -0.169. The van der Waals surface area contributed by atoms with Crippen molar-refractivity contribution in [1.29, 1.82) is 0 Å². The third-order valence-corrected chi connectivity index (χ3v) is 4.10. The van der Waals surface area contributed by atoms with Crippen molar-refractivity contribution in [1.82, 2.24) is 15.3 Å². The van der Waals surface area contributed by atoms with Gasteiger partial charge in [0.2, 0.25) is 0 Å². The molecule has 0 amide bonds. The minimum Gasteiger partial charge on any atom is -0.309 e. The van der Waals surface area contributed by atoms with Crippen molar-refractivity contribution in [2.45, 2.75) is 40.2 Å². The third kappa shape index (κ3) is 3.15. The van der Waals surface area contributed by atoms with Crippen LogP contribution in [0.4, 0.5) is 0 Å². The third-order valence-electron chi connectivity index (χ3n) is 3.41. The van der Waals surface area contributed by atoms with Crippen LogP contribution in [0.3, 0.4) is 0 Å². The average Bonchev–Trinajstić information content (AvgIpc) is 2.67. The van der Waals surface area contributed by atoms with Crippen molar-refractivity contribution in [2.24, 2.45) is 5.41 Å². The summed E-state index contributed by atoms with van der Waals surface area (Å²) in [7, 11) is 0. The molecule has 5 heteroatoms. The van der Waals surface area contributed by atoms with Gasteiger partial charge >= 0.3 is 5.69 Å².